The summed E-state index contributed by atoms with van der Waals surface area (Å²) in [6.07, 6.45) is -0.713. The predicted molar refractivity (Wildman–Crippen MR) is 48.7 cm³/mol. The Labute approximate surface area is 88.7 Å². The molecule has 5 heteroatoms. The standard InChI is InChI=1S/C9H13NO3.ClH/c1-13-9-4-6(8(12)5-10)2-3-7(9)11;/h2-4,8,11-12H,5,10H2,1H3;1H/p-1. The molecular formula is C9H13ClNO3-. The number of hydrogen-bond donors (Lipinski definition) is 3. The molecule has 0 spiro atoms. The molecule has 0 aliphatic heterocycles. The van der Waals surface area contributed by atoms with Crippen LogP contribution in [-0.4, -0.2) is 23.9 Å². The lowest BCUT2D eigenvalue weighted by Gasteiger charge is -2.10. The van der Waals surface area contributed by atoms with Crippen LogP contribution in [0.4, 0.5) is 0 Å². The van der Waals surface area contributed by atoms with Crippen molar-refractivity contribution in [3.63, 3.8) is 0 Å². The second-order valence-corrected chi connectivity index (χ2v) is 2.68. The van der Waals surface area contributed by atoms with E-state index in [0.29, 0.717) is 11.3 Å². The third-order valence-corrected chi connectivity index (χ3v) is 1.81. The van der Waals surface area contributed by atoms with Crippen LogP contribution in [0.2, 0.25) is 0 Å². The monoisotopic (exact) mass is 218 g/mol. The van der Waals surface area contributed by atoms with E-state index in [1.807, 2.05) is 0 Å². The van der Waals surface area contributed by atoms with Gasteiger partial charge in [-0.3, -0.25) is 0 Å². The molecule has 4 N–H and O–H groups in total. The first-order valence-electron chi connectivity index (χ1n) is 3.94. The van der Waals surface area contributed by atoms with Crippen LogP contribution >= 0.6 is 0 Å². The lowest BCUT2D eigenvalue weighted by Crippen LogP contribution is -3.00. The van der Waals surface area contributed by atoms with E-state index in [1.54, 1.807) is 12.1 Å². The fourth-order valence-corrected chi connectivity index (χ4v) is 1.04. The maximum atomic E-state index is 9.38. The van der Waals surface area contributed by atoms with Crippen LogP contribution in [0.1, 0.15) is 11.7 Å². The zero-order valence-corrected chi connectivity index (χ0v) is 8.53. The second kappa shape index (κ2) is 5.70. The normalized spacial score (nSPS) is 11.6. The number of nitrogens with two attached hydrogens (primary N) is 1. The van der Waals surface area contributed by atoms with Gasteiger partial charge in [0.25, 0.3) is 0 Å². The average Bonchev–Trinajstić information content (AvgIpc) is 2.17. The minimum Gasteiger partial charge on any atom is -1.00 e. The number of methoxy groups -OCH3 is 1. The van der Waals surface area contributed by atoms with E-state index in [2.05, 4.69) is 0 Å². The Morgan fingerprint density at radius 2 is 2.14 bits per heavy atom. The van der Waals surface area contributed by atoms with Gasteiger partial charge in [-0.25, -0.2) is 0 Å². The Hall–Kier alpha value is -0.970. The summed E-state index contributed by atoms with van der Waals surface area (Å²) in [5.41, 5.74) is 5.92. The fraction of sp³-hybridized carbons (Fsp3) is 0.333. The van der Waals surface area contributed by atoms with E-state index in [9.17, 15) is 10.2 Å². The van der Waals surface area contributed by atoms with E-state index >= 15 is 0 Å². The summed E-state index contributed by atoms with van der Waals surface area (Å²) in [7, 11) is 1.45. The van der Waals surface area contributed by atoms with Crippen molar-refractivity contribution in [2.45, 2.75) is 6.10 Å². The topological polar surface area (TPSA) is 75.7 Å². The molecule has 0 bridgehead atoms. The maximum absolute atomic E-state index is 9.38. The molecule has 1 aromatic carbocycles. The van der Waals surface area contributed by atoms with E-state index in [1.165, 1.54) is 13.2 Å². The number of hydrogen-bond acceptors (Lipinski definition) is 4. The molecule has 1 atom stereocenters. The lowest BCUT2D eigenvalue weighted by molar-refractivity contribution is -0.00000548. The SMILES string of the molecule is COc1cc(C(O)CN)ccc1O.[Cl-]. The molecule has 1 rings (SSSR count). The number of phenolic OH excluding ortho intramolecular Hbond substituents is 1. The molecule has 0 fully saturated rings. The number of aliphatic hydroxyl groups is 1. The van der Waals surface area contributed by atoms with Gasteiger partial charge in [0.05, 0.1) is 13.2 Å². The van der Waals surface area contributed by atoms with Gasteiger partial charge in [0.1, 0.15) is 0 Å². The maximum Gasteiger partial charge on any atom is 0.160 e. The number of ether oxygens (including phenoxy) is 1. The van der Waals surface area contributed by atoms with Crippen molar-refractivity contribution < 1.29 is 27.4 Å². The number of aliphatic hydroxyl groups excluding tert-OH is 1. The van der Waals surface area contributed by atoms with Crippen molar-refractivity contribution in [2.75, 3.05) is 13.7 Å². The van der Waals surface area contributed by atoms with Gasteiger partial charge in [-0.2, -0.15) is 0 Å². The average molecular weight is 219 g/mol. The van der Waals surface area contributed by atoms with Crippen LogP contribution in [0, 0.1) is 0 Å². The molecule has 0 aliphatic rings. The van der Waals surface area contributed by atoms with Crippen LogP contribution in [0.5, 0.6) is 11.5 Å². The number of rotatable bonds is 3. The fourth-order valence-electron chi connectivity index (χ4n) is 1.04. The molecule has 0 aromatic heterocycles. The Morgan fingerprint density at radius 1 is 1.50 bits per heavy atom. The molecule has 0 aliphatic carbocycles. The molecule has 1 unspecified atom stereocenters. The summed E-state index contributed by atoms with van der Waals surface area (Å²) in [5, 5.41) is 18.6. The second-order valence-electron chi connectivity index (χ2n) is 2.68. The van der Waals surface area contributed by atoms with E-state index in [0.717, 1.165) is 0 Å². The zero-order valence-electron chi connectivity index (χ0n) is 7.77. The Bertz CT molecular complexity index is 293. The minimum absolute atomic E-state index is 0. The van der Waals surface area contributed by atoms with Gasteiger partial charge in [0.2, 0.25) is 0 Å². The van der Waals surface area contributed by atoms with E-state index in [-0.39, 0.29) is 24.7 Å². The molecule has 0 saturated carbocycles. The summed E-state index contributed by atoms with van der Waals surface area (Å²) >= 11 is 0. The highest BCUT2D eigenvalue weighted by Crippen LogP contribution is 2.28. The van der Waals surface area contributed by atoms with Crippen LogP contribution in [0.3, 0.4) is 0 Å². The van der Waals surface area contributed by atoms with Gasteiger partial charge in [-0.1, -0.05) is 6.07 Å². The molecule has 14 heavy (non-hydrogen) atoms. The lowest BCUT2D eigenvalue weighted by atomic mass is 10.1. The highest BCUT2D eigenvalue weighted by Gasteiger charge is 2.08. The smallest absolute Gasteiger partial charge is 0.160 e. The van der Waals surface area contributed by atoms with Crippen LogP contribution in [0.25, 0.3) is 0 Å². The Kier molecular flexibility index (Phi) is 5.30. The first kappa shape index (κ1) is 13.0. The van der Waals surface area contributed by atoms with Crippen molar-refractivity contribution in [2.24, 2.45) is 5.73 Å². The van der Waals surface area contributed by atoms with E-state index in [4.69, 9.17) is 10.5 Å². The van der Waals surface area contributed by atoms with Crippen LogP contribution < -0.4 is 22.9 Å². The first-order chi connectivity index (χ1) is 6.19. The zero-order chi connectivity index (χ0) is 9.84. The number of aromatic hydroxyl groups is 1. The molecule has 0 amide bonds. The van der Waals surface area contributed by atoms with Gasteiger partial charge in [0.15, 0.2) is 11.5 Å². The first-order valence-corrected chi connectivity index (χ1v) is 3.94. The predicted octanol–water partition coefficient (Wildman–Crippen LogP) is -2.60. The Morgan fingerprint density at radius 3 is 2.64 bits per heavy atom. The summed E-state index contributed by atoms with van der Waals surface area (Å²) in [6, 6.07) is 4.63. The summed E-state index contributed by atoms with van der Waals surface area (Å²) in [6.45, 7) is 0.147. The summed E-state index contributed by atoms with van der Waals surface area (Å²) < 4.78 is 4.88. The molecule has 0 radical (unpaired) electrons. The van der Waals surface area contributed by atoms with Crippen molar-refractivity contribution in [3.05, 3.63) is 23.8 Å². The highest BCUT2D eigenvalue weighted by atomic mass is 35.5. The number of halogens is 1. The molecule has 0 heterocycles. The quantitative estimate of drug-likeness (QED) is 0.520. The van der Waals surface area contributed by atoms with Gasteiger partial charge in [0, 0.05) is 6.54 Å². The number of benzene rings is 1. The summed E-state index contributed by atoms with van der Waals surface area (Å²) in [4.78, 5) is 0. The van der Waals surface area contributed by atoms with Gasteiger partial charge in [-0.15, -0.1) is 0 Å². The summed E-state index contributed by atoms with van der Waals surface area (Å²) in [5.74, 6) is 0.389. The highest BCUT2D eigenvalue weighted by molar-refractivity contribution is 5.42. The number of phenols is 1. The van der Waals surface area contributed by atoms with Gasteiger partial charge in [-0.05, 0) is 17.7 Å². The molecule has 4 nitrogen and oxygen atoms in total. The van der Waals surface area contributed by atoms with Gasteiger partial charge >= 0.3 is 0 Å². The third kappa shape index (κ3) is 2.77. The van der Waals surface area contributed by atoms with Crippen molar-refractivity contribution in [1.82, 2.24) is 0 Å². The van der Waals surface area contributed by atoms with Crippen LogP contribution in [0.15, 0.2) is 18.2 Å². The van der Waals surface area contributed by atoms with Crippen LogP contribution in [-0.2, 0) is 0 Å². The van der Waals surface area contributed by atoms with Crippen molar-refractivity contribution in [1.29, 1.82) is 0 Å². The third-order valence-electron chi connectivity index (χ3n) is 1.81. The molecule has 80 valence electrons. The Balaban J connectivity index is 0.00000169. The molecular weight excluding hydrogens is 206 g/mol. The van der Waals surface area contributed by atoms with Gasteiger partial charge < -0.3 is 33.1 Å². The van der Waals surface area contributed by atoms with E-state index < -0.39 is 6.10 Å². The molecule has 0 saturated heterocycles. The largest absolute Gasteiger partial charge is 1.00 e. The molecule has 1 aromatic rings. The van der Waals surface area contributed by atoms with Crippen molar-refractivity contribution in [3.8, 4) is 11.5 Å². The van der Waals surface area contributed by atoms with Crippen molar-refractivity contribution >= 4 is 0 Å². The minimum atomic E-state index is -0.713.